The molecule has 0 spiro atoms. The van der Waals surface area contributed by atoms with Gasteiger partial charge in [-0.05, 0) is 43.4 Å². The van der Waals surface area contributed by atoms with E-state index in [1.54, 1.807) is 0 Å². The van der Waals surface area contributed by atoms with E-state index >= 15 is 0 Å². The van der Waals surface area contributed by atoms with Crippen LogP contribution in [0.25, 0.3) is 0 Å². The third kappa shape index (κ3) is 3.70. The van der Waals surface area contributed by atoms with Gasteiger partial charge in [0.25, 0.3) is 0 Å². The molecule has 0 aromatic heterocycles. The highest BCUT2D eigenvalue weighted by Crippen LogP contribution is 2.43. The third-order valence-electron chi connectivity index (χ3n) is 4.50. The number of sulfone groups is 1. The van der Waals surface area contributed by atoms with E-state index in [0.29, 0.717) is 35.6 Å². The van der Waals surface area contributed by atoms with Crippen LogP contribution in [0.4, 0.5) is 0 Å². The zero-order valence-electron chi connectivity index (χ0n) is 11.9. The topological polar surface area (TPSA) is 46.2 Å². The van der Waals surface area contributed by atoms with Crippen LogP contribution in [0.5, 0.6) is 0 Å². The van der Waals surface area contributed by atoms with Gasteiger partial charge in [-0.1, -0.05) is 20.3 Å². The fraction of sp³-hybridized carbons (Fsp3) is 1.00. The van der Waals surface area contributed by atoms with Crippen molar-refractivity contribution in [2.24, 2.45) is 17.8 Å². The second kappa shape index (κ2) is 5.49. The predicted molar refractivity (Wildman–Crippen MR) is 75.3 cm³/mol. The molecule has 1 N–H and O–H groups in total. The first kappa shape index (κ1) is 14.3. The van der Waals surface area contributed by atoms with Gasteiger partial charge in [0.15, 0.2) is 0 Å². The van der Waals surface area contributed by atoms with Crippen LogP contribution in [0.3, 0.4) is 0 Å². The Bertz CT molecular complexity index is 363. The molecule has 0 amide bonds. The van der Waals surface area contributed by atoms with Gasteiger partial charge in [-0.2, -0.15) is 0 Å². The molecule has 18 heavy (non-hydrogen) atoms. The van der Waals surface area contributed by atoms with Crippen molar-refractivity contribution in [2.45, 2.75) is 58.0 Å². The lowest BCUT2D eigenvalue weighted by molar-refractivity contribution is 0.0858. The summed E-state index contributed by atoms with van der Waals surface area (Å²) in [7, 11) is -2.82. The highest BCUT2D eigenvalue weighted by atomic mass is 32.2. The summed E-state index contributed by atoms with van der Waals surface area (Å²) in [5.74, 6) is 2.20. The first-order valence-electron chi connectivity index (χ1n) is 7.29. The predicted octanol–water partition coefficient (Wildman–Crippen LogP) is 2.22. The first-order chi connectivity index (χ1) is 8.35. The third-order valence-corrected chi connectivity index (χ3v) is 5.58. The van der Waals surface area contributed by atoms with Gasteiger partial charge in [0, 0.05) is 18.3 Å². The summed E-state index contributed by atoms with van der Waals surface area (Å²) >= 11 is 0. The Morgan fingerprint density at radius 3 is 2.17 bits per heavy atom. The lowest BCUT2D eigenvalue weighted by Gasteiger charge is -2.47. The van der Waals surface area contributed by atoms with E-state index in [4.69, 9.17) is 0 Å². The van der Waals surface area contributed by atoms with Crippen molar-refractivity contribution in [3.05, 3.63) is 0 Å². The Hall–Kier alpha value is -0.0900. The maximum absolute atomic E-state index is 11.5. The Kier molecular flexibility index (Phi) is 4.37. The number of hydrogen-bond acceptors (Lipinski definition) is 3. The van der Waals surface area contributed by atoms with Gasteiger partial charge < -0.3 is 5.32 Å². The maximum atomic E-state index is 11.5. The lowest BCUT2D eigenvalue weighted by Crippen LogP contribution is -2.52. The highest BCUT2D eigenvalue weighted by molar-refractivity contribution is 7.90. The van der Waals surface area contributed by atoms with Crippen LogP contribution in [0.15, 0.2) is 0 Å². The molecule has 3 nitrogen and oxygen atoms in total. The number of hydrogen-bond donors (Lipinski definition) is 1. The molecule has 0 aliphatic heterocycles. The minimum Gasteiger partial charge on any atom is -0.311 e. The molecule has 2 fully saturated rings. The van der Waals surface area contributed by atoms with E-state index in [0.717, 1.165) is 12.8 Å². The molecule has 4 heteroatoms. The van der Waals surface area contributed by atoms with Crippen molar-refractivity contribution >= 4 is 9.84 Å². The molecule has 0 heterocycles. The van der Waals surface area contributed by atoms with Crippen molar-refractivity contribution < 1.29 is 8.42 Å². The quantitative estimate of drug-likeness (QED) is 0.854. The minimum atomic E-state index is -2.82. The molecule has 2 saturated carbocycles. The summed E-state index contributed by atoms with van der Waals surface area (Å²) in [6.07, 6.45) is 7.47. The first-order valence-corrected chi connectivity index (χ1v) is 9.35. The molecular weight excluding hydrogens is 246 g/mol. The highest BCUT2D eigenvalue weighted by Gasteiger charge is 2.40. The van der Waals surface area contributed by atoms with Gasteiger partial charge in [-0.3, -0.25) is 0 Å². The van der Waals surface area contributed by atoms with Gasteiger partial charge in [-0.15, -0.1) is 0 Å². The SMILES string of the molecule is CC(C)NC1C2CCCC1CC(CS(C)(=O)=O)C2. The molecule has 0 aromatic rings. The van der Waals surface area contributed by atoms with E-state index in [2.05, 4.69) is 19.2 Å². The molecule has 2 atom stereocenters. The van der Waals surface area contributed by atoms with Crippen molar-refractivity contribution in [2.75, 3.05) is 12.0 Å². The maximum Gasteiger partial charge on any atom is 0.147 e. The molecule has 2 aliphatic rings. The summed E-state index contributed by atoms with van der Waals surface area (Å²) < 4.78 is 22.9. The average Bonchev–Trinajstić information content (AvgIpc) is 2.15. The fourth-order valence-electron chi connectivity index (χ4n) is 4.09. The molecular formula is C14H27NO2S. The van der Waals surface area contributed by atoms with E-state index < -0.39 is 9.84 Å². The summed E-state index contributed by atoms with van der Waals surface area (Å²) in [4.78, 5) is 0. The molecule has 0 radical (unpaired) electrons. The smallest absolute Gasteiger partial charge is 0.147 e. The van der Waals surface area contributed by atoms with E-state index in [1.165, 1.54) is 25.5 Å². The molecule has 2 rings (SSSR count). The molecule has 2 aliphatic carbocycles. The van der Waals surface area contributed by atoms with Gasteiger partial charge in [0.05, 0.1) is 5.75 Å². The van der Waals surface area contributed by atoms with E-state index in [9.17, 15) is 8.42 Å². The van der Waals surface area contributed by atoms with Gasteiger partial charge in [-0.25, -0.2) is 8.42 Å². The lowest BCUT2D eigenvalue weighted by atomic mass is 9.65. The largest absolute Gasteiger partial charge is 0.311 e. The summed E-state index contributed by atoms with van der Waals surface area (Å²) in [6.45, 7) is 4.41. The van der Waals surface area contributed by atoms with Gasteiger partial charge >= 0.3 is 0 Å². The van der Waals surface area contributed by atoms with Crippen LogP contribution in [0, 0.1) is 17.8 Å². The molecule has 2 unspecified atom stereocenters. The van der Waals surface area contributed by atoms with Crippen molar-refractivity contribution in [1.82, 2.24) is 5.32 Å². The van der Waals surface area contributed by atoms with Crippen LogP contribution < -0.4 is 5.32 Å². The van der Waals surface area contributed by atoms with Crippen molar-refractivity contribution in [3.8, 4) is 0 Å². The Labute approximate surface area is 112 Å². The minimum absolute atomic E-state index is 0.397. The molecule has 0 aromatic carbocycles. The standard InChI is InChI=1S/C14H27NO2S/c1-10(2)15-14-12-5-4-6-13(14)8-11(7-12)9-18(3,16)17/h10-15H,4-9H2,1-3H3. The van der Waals surface area contributed by atoms with E-state index in [-0.39, 0.29) is 0 Å². The second-order valence-electron chi connectivity index (χ2n) is 6.73. The van der Waals surface area contributed by atoms with Crippen molar-refractivity contribution in [3.63, 3.8) is 0 Å². The van der Waals surface area contributed by atoms with Crippen LogP contribution in [0.2, 0.25) is 0 Å². The number of fused-ring (bicyclic) bond motifs is 2. The van der Waals surface area contributed by atoms with E-state index in [1.807, 2.05) is 0 Å². The average molecular weight is 273 g/mol. The van der Waals surface area contributed by atoms with Crippen LogP contribution in [0.1, 0.15) is 46.0 Å². The molecule has 0 saturated heterocycles. The second-order valence-corrected chi connectivity index (χ2v) is 8.91. The van der Waals surface area contributed by atoms with Crippen LogP contribution in [-0.4, -0.2) is 32.5 Å². The summed E-state index contributed by atoms with van der Waals surface area (Å²) in [5.41, 5.74) is 0. The normalized spacial score (nSPS) is 36.9. The Morgan fingerprint density at radius 1 is 1.17 bits per heavy atom. The monoisotopic (exact) mass is 273 g/mol. The molecule has 2 bridgehead atoms. The summed E-state index contributed by atoms with van der Waals surface area (Å²) in [5, 5.41) is 3.72. The van der Waals surface area contributed by atoms with Gasteiger partial charge in [0.2, 0.25) is 0 Å². The Balaban J connectivity index is 2.02. The van der Waals surface area contributed by atoms with Gasteiger partial charge in [0.1, 0.15) is 9.84 Å². The van der Waals surface area contributed by atoms with Crippen LogP contribution >= 0.6 is 0 Å². The zero-order valence-corrected chi connectivity index (χ0v) is 12.7. The van der Waals surface area contributed by atoms with Crippen LogP contribution in [-0.2, 0) is 9.84 Å². The summed E-state index contributed by atoms with van der Waals surface area (Å²) in [6, 6.07) is 1.17. The molecule has 106 valence electrons. The number of rotatable bonds is 4. The van der Waals surface area contributed by atoms with Crippen molar-refractivity contribution in [1.29, 1.82) is 0 Å². The fourth-order valence-corrected chi connectivity index (χ4v) is 5.22. The Morgan fingerprint density at radius 2 is 1.72 bits per heavy atom. The zero-order chi connectivity index (χ0) is 13.3. The number of nitrogens with one attached hydrogen (secondary N) is 1.